The second-order valence-corrected chi connectivity index (χ2v) is 3.90. The fourth-order valence-corrected chi connectivity index (χ4v) is 1.90. The summed E-state index contributed by atoms with van der Waals surface area (Å²) in [6, 6.07) is 0.398. The van der Waals surface area contributed by atoms with Gasteiger partial charge in [0.05, 0.1) is 7.11 Å². The Balaban J connectivity index is 0.00000169. The van der Waals surface area contributed by atoms with E-state index in [4.69, 9.17) is 5.73 Å². The Labute approximate surface area is 91.8 Å². The van der Waals surface area contributed by atoms with E-state index >= 15 is 0 Å². The van der Waals surface area contributed by atoms with E-state index in [9.17, 15) is 4.79 Å². The van der Waals surface area contributed by atoms with Crippen molar-refractivity contribution in [3.05, 3.63) is 0 Å². The summed E-state index contributed by atoms with van der Waals surface area (Å²) in [4.78, 5) is 10.9. The third kappa shape index (κ3) is 4.82. The van der Waals surface area contributed by atoms with Crippen molar-refractivity contribution in [2.75, 3.05) is 7.11 Å². The second-order valence-electron chi connectivity index (χ2n) is 3.90. The Bertz CT molecular complexity index is 168. The fourth-order valence-electron chi connectivity index (χ4n) is 1.90. The Morgan fingerprint density at radius 3 is 2.43 bits per heavy atom. The molecular weight excluding hydrogens is 202 g/mol. The number of ether oxygens (including phenoxy) is 1. The molecule has 0 heterocycles. The van der Waals surface area contributed by atoms with Gasteiger partial charge < -0.3 is 10.5 Å². The van der Waals surface area contributed by atoms with Crippen molar-refractivity contribution >= 4 is 18.4 Å². The highest BCUT2D eigenvalue weighted by molar-refractivity contribution is 5.85. The molecule has 0 amide bonds. The molecule has 1 saturated carbocycles. The van der Waals surface area contributed by atoms with Crippen molar-refractivity contribution in [1.82, 2.24) is 0 Å². The maximum Gasteiger partial charge on any atom is 0.305 e. The molecule has 84 valence electrons. The van der Waals surface area contributed by atoms with Crippen LogP contribution in [-0.4, -0.2) is 19.1 Å². The topological polar surface area (TPSA) is 52.3 Å². The summed E-state index contributed by atoms with van der Waals surface area (Å²) in [7, 11) is 1.44. The number of methoxy groups -OCH3 is 1. The van der Waals surface area contributed by atoms with Gasteiger partial charge in [-0.25, -0.2) is 0 Å². The third-order valence-corrected chi connectivity index (χ3v) is 2.88. The zero-order valence-corrected chi connectivity index (χ0v) is 9.52. The molecule has 2 N–H and O–H groups in total. The number of carbonyl (C=O) groups is 1. The molecular formula is C10H20ClNO2. The molecule has 0 aromatic carbocycles. The van der Waals surface area contributed by atoms with E-state index < -0.39 is 0 Å². The summed E-state index contributed by atoms with van der Waals surface area (Å²) in [6.45, 7) is 0. The van der Waals surface area contributed by atoms with Gasteiger partial charge in [-0.2, -0.15) is 0 Å². The first-order valence-electron chi connectivity index (χ1n) is 5.04. The molecule has 1 aliphatic carbocycles. The van der Waals surface area contributed by atoms with E-state index in [-0.39, 0.29) is 18.4 Å². The number of rotatable bonds is 3. The molecule has 4 heteroatoms. The van der Waals surface area contributed by atoms with Crippen LogP contribution in [0.3, 0.4) is 0 Å². The van der Waals surface area contributed by atoms with Crippen molar-refractivity contribution in [1.29, 1.82) is 0 Å². The molecule has 0 bridgehead atoms. The molecule has 14 heavy (non-hydrogen) atoms. The van der Waals surface area contributed by atoms with Crippen LogP contribution in [0.15, 0.2) is 0 Å². The monoisotopic (exact) mass is 221 g/mol. The predicted octanol–water partition coefficient (Wildman–Crippen LogP) is 1.88. The minimum Gasteiger partial charge on any atom is -0.469 e. The number of carbonyl (C=O) groups excluding carboxylic acids is 1. The third-order valence-electron chi connectivity index (χ3n) is 2.88. The Morgan fingerprint density at radius 1 is 1.36 bits per heavy atom. The average molecular weight is 222 g/mol. The average Bonchev–Trinajstić information content (AvgIpc) is 2.16. The Kier molecular flexibility index (Phi) is 6.93. The number of esters is 1. The highest BCUT2D eigenvalue weighted by atomic mass is 35.5. The first-order valence-corrected chi connectivity index (χ1v) is 5.04. The van der Waals surface area contributed by atoms with Crippen LogP contribution in [0, 0.1) is 5.92 Å². The van der Waals surface area contributed by atoms with Gasteiger partial charge in [-0.05, 0) is 38.0 Å². The fraction of sp³-hybridized carbons (Fsp3) is 0.900. The lowest BCUT2D eigenvalue weighted by Crippen LogP contribution is -2.26. The minimum atomic E-state index is -0.0881. The van der Waals surface area contributed by atoms with E-state index in [0.29, 0.717) is 18.4 Å². The molecule has 1 aliphatic rings. The molecule has 0 saturated heterocycles. The molecule has 0 spiro atoms. The number of halogens is 1. The molecule has 0 aromatic rings. The first kappa shape index (κ1) is 13.7. The van der Waals surface area contributed by atoms with Crippen LogP contribution < -0.4 is 5.73 Å². The van der Waals surface area contributed by atoms with Gasteiger partial charge in [0.1, 0.15) is 0 Å². The number of hydrogen-bond acceptors (Lipinski definition) is 3. The molecule has 0 radical (unpaired) electrons. The largest absolute Gasteiger partial charge is 0.469 e. The van der Waals surface area contributed by atoms with Gasteiger partial charge in [0, 0.05) is 12.5 Å². The smallest absolute Gasteiger partial charge is 0.305 e. The lowest BCUT2D eigenvalue weighted by atomic mass is 9.84. The summed E-state index contributed by atoms with van der Waals surface area (Å²) in [5.74, 6) is 0.605. The van der Waals surface area contributed by atoms with Crippen LogP contribution in [-0.2, 0) is 9.53 Å². The zero-order valence-electron chi connectivity index (χ0n) is 8.70. The van der Waals surface area contributed by atoms with Crippen LogP contribution in [0.1, 0.15) is 38.5 Å². The van der Waals surface area contributed by atoms with E-state index in [1.807, 2.05) is 0 Å². The molecule has 0 aromatic heterocycles. The molecule has 0 aliphatic heterocycles. The van der Waals surface area contributed by atoms with Gasteiger partial charge in [-0.3, -0.25) is 4.79 Å². The van der Waals surface area contributed by atoms with Crippen LogP contribution in [0.2, 0.25) is 0 Å². The van der Waals surface area contributed by atoms with Crippen molar-refractivity contribution in [3.63, 3.8) is 0 Å². The molecule has 0 atom stereocenters. The second kappa shape index (κ2) is 7.07. The summed E-state index contributed by atoms with van der Waals surface area (Å²) < 4.78 is 4.60. The van der Waals surface area contributed by atoms with Gasteiger partial charge in [0.2, 0.25) is 0 Å². The predicted molar refractivity (Wildman–Crippen MR) is 58.4 cm³/mol. The van der Waals surface area contributed by atoms with E-state index in [0.717, 1.165) is 19.3 Å². The van der Waals surface area contributed by atoms with Gasteiger partial charge in [-0.1, -0.05) is 0 Å². The highest BCUT2D eigenvalue weighted by Crippen LogP contribution is 2.26. The molecule has 0 unspecified atom stereocenters. The quantitative estimate of drug-likeness (QED) is 0.741. The van der Waals surface area contributed by atoms with Crippen LogP contribution in [0.25, 0.3) is 0 Å². The van der Waals surface area contributed by atoms with Crippen molar-refractivity contribution in [3.8, 4) is 0 Å². The molecule has 1 rings (SSSR count). The summed E-state index contributed by atoms with van der Waals surface area (Å²) in [5, 5.41) is 0. The maximum absolute atomic E-state index is 10.9. The van der Waals surface area contributed by atoms with E-state index in [1.54, 1.807) is 0 Å². The Hall–Kier alpha value is -0.280. The zero-order chi connectivity index (χ0) is 9.68. The summed E-state index contributed by atoms with van der Waals surface area (Å²) in [6.07, 6.45) is 6.13. The summed E-state index contributed by atoms with van der Waals surface area (Å²) in [5.41, 5.74) is 5.79. The lowest BCUT2D eigenvalue weighted by Gasteiger charge is -2.25. The molecule has 1 fully saturated rings. The minimum absolute atomic E-state index is 0. The Morgan fingerprint density at radius 2 is 1.93 bits per heavy atom. The van der Waals surface area contributed by atoms with E-state index in [1.165, 1.54) is 20.0 Å². The van der Waals surface area contributed by atoms with Crippen molar-refractivity contribution < 1.29 is 9.53 Å². The van der Waals surface area contributed by atoms with Gasteiger partial charge in [0.15, 0.2) is 0 Å². The number of hydrogen-bond donors (Lipinski definition) is 1. The van der Waals surface area contributed by atoms with Crippen LogP contribution in [0.4, 0.5) is 0 Å². The van der Waals surface area contributed by atoms with Crippen LogP contribution >= 0.6 is 12.4 Å². The molecule has 3 nitrogen and oxygen atoms in total. The van der Waals surface area contributed by atoms with Crippen molar-refractivity contribution in [2.45, 2.75) is 44.6 Å². The first-order chi connectivity index (χ1) is 6.22. The van der Waals surface area contributed by atoms with Gasteiger partial charge in [-0.15, -0.1) is 12.4 Å². The normalized spacial score (nSPS) is 26.4. The highest BCUT2D eigenvalue weighted by Gasteiger charge is 2.18. The lowest BCUT2D eigenvalue weighted by molar-refractivity contribution is -0.141. The van der Waals surface area contributed by atoms with Gasteiger partial charge in [0.25, 0.3) is 0 Å². The maximum atomic E-state index is 10.9. The SMILES string of the molecule is COC(=O)CC[C@H]1CC[C@@H](N)CC1.Cl. The van der Waals surface area contributed by atoms with Crippen molar-refractivity contribution in [2.24, 2.45) is 11.7 Å². The van der Waals surface area contributed by atoms with Gasteiger partial charge >= 0.3 is 5.97 Å². The van der Waals surface area contributed by atoms with Crippen LogP contribution in [0.5, 0.6) is 0 Å². The number of nitrogens with two attached hydrogens (primary N) is 1. The standard InChI is InChI=1S/C10H19NO2.ClH/c1-13-10(12)7-4-8-2-5-9(11)6-3-8;/h8-9H,2-7,11H2,1H3;1H/t8-,9+;. The van der Waals surface area contributed by atoms with E-state index in [2.05, 4.69) is 4.74 Å². The summed E-state index contributed by atoms with van der Waals surface area (Å²) >= 11 is 0.